The number of ether oxygens (including phenoxy) is 1. The van der Waals surface area contributed by atoms with E-state index in [-0.39, 0.29) is 18.0 Å². The molecule has 0 aromatic rings. The minimum absolute atomic E-state index is 0.103. The average Bonchev–Trinajstić information content (AvgIpc) is 2.40. The third kappa shape index (κ3) is 3.72. The highest BCUT2D eigenvalue weighted by Gasteiger charge is 2.28. The Morgan fingerprint density at radius 1 is 1.00 bits per heavy atom. The van der Waals surface area contributed by atoms with Gasteiger partial charge in [0.15, 0.2) is 0 Å². The lowest BCUT2D eigenvalue weighted by atomic mass is 9.81. The molecule has 0 aliphatic heterocycles. The van der Waals surface area contributed by atoms with Gasteiger partial charge in [-0.05, 0) is 57.3 Å². The van der Waals surface area contributed by atoms with Crippen molar-refractivity contribution in [1.29, 1.82) is 0 Å². The van der Waals surface area contributed by atoms with E-state index in [4.69, 9.17) is 4.74 Å². The van der Waals surface area contributed by atoms with E-state index >= 15 is 0 Å². The summed E-state index contributed by atoms with van der Waals surface area (Å²) < 4.78 is 5.66. The van der Waals surface area contributed by atoms with Crippen LogP contribution in [0.3, 0.4) is 0 Å². The van der Waals surface area contributed by atoms with Crippen LogP contribution in [-0.2, 0) is 9.53 Å². The molecule has 0 aromatic carbocycles. The largest absolute Gasteiger partial charge is 0.462 e. The lowest BCUT2D eigenvalue weighted by Crippen LogP contribution is -2.28. The summed E-state index contributed by atoms with van der Waals surface area (Å²) in [4.78, 5) is 12.0. The number of carbonyl (C=O) groups excluding carboxylic acids is 1. The third-order valence-corrected chi connectivity index (χ3v) is 4.59. The van der Waals surface area contributed by atoms with Crippen LogP contribution < -0.4 is 0 Å². The van der Waals surface area contributed by atoms with Gasteiger partial charge in [-0.3, -0.25) is 4.79 Å². The van der Waals surface area contributed by atoms with Gasteiger partial charge in [0.2, 0.25) is 0 Å². The van der Waals surface area contributed by atoms with Crippen molar-refractivity contribution in [2.45, 2.75) is 77.2 Å². The van der Waals surface area contributed by atoms with Crippen molar-refractivity contribution in [3.05, 3.63) is 0 Å². The molecule has 0 radical (unpaired) electrons. The molecule has 98 valence electrons. The smallest absolute Gasteiger partial charge is 0.309 e. The first kappa shape index (κ1) is 12.9. The zero-order valence-corrected chi connectivity index (χ0v) is 11.1. The van der Waals surface area contributed by atoms with E-state index in [0.29, 0.717) is 0 Å². The van der Waals surface area contributed by atoms with Crippen molar-refractivity contribution in [3.8, 4) is 0 Å². The number of hydrogen-bond acceptors (Lipinski definition) is 2. The Morgan fingerprint density at radius 2 is 1.65 bits per heavy atom. The summed E-state index contributed by atoms with van der Waals surface area (Å²) in [7, 11) is 0. The van der Waals surface area contributed by atoms with Crippen LogP contribution in [0.4, 0.5) is 0 Å². The quantitative estimate of drug-likeness (QED) is 0.692. The Bertz CT molecular complexity index is 235. The summed E-state index contributed by atoms with van der Waals surface area (Å²) in [6, 6.07) is 0. The van der Waals surface area contributed by atoms with Crippen LogP contribution in [0.15, 0.2) is 0 Å². The van der Waals surface area contributed by atoms with E-state index in [1.54, 1.807) is 0 Å². The number of rotatable bonds is 3. The first-order valence-electron chi connectivity index (χ1n) is 7.50. The first-order chi connectivity index (χ1) is 8.29. The van der Waals surface area contributed by atoms with Crippen LogP contribution in [0.5, 0.6) is 0 Å². The summed E-state index contributed by atoms with van der Waals surface area (Å²) >= 11 is 0. The first-order valence-corrected chi connectivity index (χ1v) is 7.50. The van der Waals surface area contributed by atoms with Crippen LogP contribution in [0.1, 0.15) is 71.1 Å². The lowest BCUT2D eigenvalue weighted by molar-refractivity contribution is -0.157. The van der Waals surface area contributed by atoms with Gasteiger partial charge in [0.1, 0.15) is 6.10 Å². The standard InChI is InChI=1S/C15H26O2/c1-2-12-8-10-13(11-9-12)15(16)17-14-6-4-3-5-7-14/h12-14H,2-11H2,1H3. The molecule has 0 amide bonds. The fraction of sp³-hybridized carbons (Fsp3) is 0.933. The molecule has 0 saturated heterocycles. The molecule has 0 atom stereocenters. The van der Waals surface area contributed by atoms with Crippen molar-refractivity contribution < 1.29 is 9.53 Å². The van der Waals surface area contributed by atoms with Crippen LogP contribution >= 0.6 is 0 Å². The highest BCUT2D eigenvalue weighted by Crippen LogP contribution is 2.32. The maximum atomic E-state index is 12.0. The van der Waals surface area contributed by atoms with Crippen molar-refractivity contribution in [1.82, 2.24) is 0 Å². The summed E-state index contributed by atoms with van der Waals surface area (Å²) in [6.45, 7) is 2.26. The van der Waals surface area contributed by atoms with E-state index in [1.165, 1.54) is 38.5 Å². The summed E-state index contributed by atoms with van der Waals surface area (Å²) in [5, 5.41) is 0. The second kappa shape index (κ2) is 6.42. The van der Waals surface area contributed by atoms with Gasteiger partial charge >= 0.3 is 5.97 Å². The van der Waals surface area contributed by atoms with Crippen molar-refractivity contribution in [3.63, 3.8) is 0 Å². The van der Waals surface area contributed by atoms with Crippen LogP contribution in [-0.4, -0.2) is 12.1 Å². The fourth-order valence-electron chi connectivity index (χ4n) is 3.25. The molecular formula is C15H26O2. The summed E-state index contributed by atoms with van der Waals surface area (Å²) in [6.07, 6.45) is 12.0. The predicted molar refractivity (Wildman–Crippen MR) is 68.7 cm³/mol. The molecule has 0 bridgehead atoms. The highest BCUT2D eigenvalue weighted by atomic mass is 16.5. The Kier molecular flexibility index (Phi) is 4.87. The number of carbonyl (C=O) groups is 1. The van der Waals surface area contributed by atoms with E-state index in [9.17, 15) is 4.79 Å². The van der Waals surface area contributed by atoms with Crippen LogP contribution in [0.2, 0.25) is 0 Å². The molecule has 0 unspecified atom stereocenters. The van der Waals surface area contributed by atoms with Gasteiger partial charge in [-0.15, -0.1) is 0 Å². The maximum absolute atomic E-state index is 12.0. The Morgan fingerprint density at radius 3 is 2.24 bits per heavy atom. The van der Waals surface area contributed by atoms with Crippen LogP contribution in [0, 0.1) is 11.8 Å². The number of hydrogen-bond donors (Lipinski definition) is 0. The molecule has 2 fully saturated rings. The molecule has 2 heteroatoms. The minimum atomic E-state index is 0.103. The zero-order chi connectivity index (χ0) is 12.1. The zero-order valence-electron chi connectivity index (χ0n) is 11.1. The molecule has 2 rings (SSSR count). The van der Waals surface area contributed by atoms with Gasteiger partial charge in [0, 0.05) is 0 Å². The van der Waals surface area contributed by atoms with Gasteiger partial charge in [0.05, 0.1) is 5.92 Å². The molecule has 0 heterocycles. The van der Waals surface area contributed by atoms with Gasteiger partial charge < -0.3 is 4.74 Å². The van der Waals surface area contributed by atoms with Gasteiger partial charge in [-0.25, -0.2) is 0 Å². The molecule has 2 nitrogen and oxygen atoms in total. The molecule has 0 aromatic heterocycles. The van der Waals surface area contributed by atoms with Crippen LogP contribution in [0.25, 0.3) is 0 Å². The average molecular weight is 238 g/mol. The normalized spacial score (nSPS) is 31.1. The third-order valence-electron chi connectivity index (χ3n) is 4.59. The summed E-state index contributed by atoms with van der Waals surface area (Å²) in [5.74, 6) is 1.17. The topological polar surface area (TPSA) is 26.3 Å². The van der Waals surface area contributed by atoms with Gasteiger partial charge in [-0.2, -0.15) is 0 Å². The fourth-order valence-corrected chi connectivity index (χ4v) is 3.25. The Labute approximate surface area is 105 Å². The molecule has 2 saturated carbocycles. The second-order valence-corrected chi connectivity index (χ2v) is 5.82. The van der Waals surface area contributed by atoms with Crippen molar-refractivity contribution >= 4 is 5.97 Å². The van der Waals surface area contributed by atoms with E-state index in [2.05, 4.69) is 6.92 Å². The van der Waals surface area contributed by atoms with Gasteiger partial charge in [0.25, 0.3) is 0 Å². The SMILES string of the molecule is CCC1CCC(C(=O)OC2CCCCC2)CC1. The Hall–Kier alpha value is -0.530. The van der Waals surface area contributed by atoms with E-state index in [1.807, 2.05) is 0 Å². The van der Waals surface area contributed by atoms with E-state index in [0.717, 1.165) is 31.6 Å². The molecular weight excluding hydrogens is 212 g/mol. The monoisotopic (exact) mass is 238 g/mol. The molecule has 2 aliphatic rings. The van der Waals surface area contributed by atoms with Crippen molar-refractivity contribution in [2.75, 3.05) is 0 Å². The molecule has 0 N–H and O–H groups in total. The van der Waals surface area contributed by atoms with Gasteiger partial charge in [-0.1, -0.05) is 19.8 Å². The molecule has 2 aliphatic carbocycles. The minimum Gasteiger partial charge on any atom is -0.462 e. The predicted octanol–water partition coefficient (Wildman–Crippen LogP) is 4.08. The Balaban J connectivity index is 1.72. The number of esters is 1. The lowest BCUT2D eigenvalue weighted by Gasteiger charge is -2.29. The highest BCUT2D eigenvalue weighted by molar-refractivity contribution is 5.72. The van der Waals surface area contributed by atoms with E-state index < -0.39 is 0 Å². The maximum Gasteiger partial charge on any atom is 0.309 e. The second-order valence-electron chi connectivity index (χ2n) is 5.82. The summed E-state index contributed by atoms with van der Waals surface area (Å²) in [5.41, 5.74) is 0. The molecule has 0 spiro atoms. The molecule has 17 heavy (non-hydrogen) atoms. The van der Waals surface area contributed by atoms with Crippen molar-refractivity contribution in [2.24, 2.45) is 11.8 Å².